The molecule has 1 atom stereocenters. The molecule has 2 saturated heterocycles. The summed E-state index contributed by atoms with van der Waals surface area (Å²) in [6, 6.07) is 3.85. The van der Waals surface area contributed by atoms with Crippen LogP contribution in [0.15, 0.2) is 18.2 Å². The van der Waals surface area contributed by atoms with Crippen molar-refractivity contribution < 1.29 is 33.6 Å². The molecule has 0 bridgehead atoms. The molecule has 4 rings (SSSR count). The van der Waals surface area contributed by atoms with Crippen molar-refractivity contribution in [2.75, 3.05) is 32.7 Å². The van der Waals surface area contributed by atoms with E-state index in [2.05, 4.69) is 22.5 Å². The maximum atomic E-state index is 13.0. The molecule has 1 unspecified atom stereocenters. The average molecular weight is 662 g/mol. The number of piperazine rings is 1. The summed E-state index contributed by atoms with van der Waals surface area (Å²) in [6.07, 6.45) is 7.03. The standard InChI is InChI=1S/C36H47N5O7/c1-36(2,3)24-32(45)40-20-18-39(19-21-40)31(44)23-30(43)37-17-11-9-7-5-4-6-8-10-12-25-13-14-26-27(22-25)35(48)41(34(26)47)28-15-16-29(42)38-33(28)46/h13-14,22,28H,4-9,11,15-21,23-24H2,1-3H3,(H,37,43)(H,38,42,46). The lowest BCUT2D eigenvalue weighted by atomic mass is 9.91. The lowest BCUT2D eigenvalue weighted by Gasteiger charge is -2.36. The van der Waals surface area contributed by atoms with Crippen LogP contribution in [0, 0.1) is 17.3 Å². The number of piperidine rings is 1. The predicted octanol–water partition coefficient (Wildman–Crippen LogP) is 2.78. The molecule has 0 aromatic heterocycles. The Hall–Kier alpha value is -4.53. The van der Waals surface area contributed by atoms with Crippen molar-refractivity contribution in [1.29, 1.82) is 0 Å². The summed E-state index contributed by atoms with van der Waals surface area (Å²) in [5, 5.41) is 5.03. The van der Waals surface area contributed by atoms with Gasteiger partial charge in [0.05, 0.1) is 11.1 Å². The number of fused-ring (bicyclic) bond motifs is 1. The Balaban J connectivity index is 1.04. The van der Waals surface area contributed by atoms with E-state index in [4.69, 9.17) is 0 Å². The Labute approximate surface area is 282 Å². The van der Waals surface area contributed by atoms with E-state index in [1.54, 1.807) is 28.0 Å². The topological polar surface area (TPSA) is 153 Å². The quantitative estimate of drug-likeness (QED) is 0.151. The van der Waals surface area contributed by atoms with Crippen LogP contribution in [0.2, 0.25) is 0 Å². The highest BCUT2D eigenvalue weighted by Gasteiger charge is 2.44. The first-order chi connectivity index (χ1) is 22.8. The van der Waals surface area contributed by atoms with Gasteiger partial charge in [-0.2, -0.15) is 0 Å². The zero-order valence-corrected chi connectivity index (χ0v) is 28.3. The van der Waals surface area contributed by atoms with Gasteiger partial charge in [0.15, 0.2) is 0 Å². The van der Waals surface area contributed by atoms with E-state index < -0.39 is 29.7 Å². The number of rotatable bonds is 12. The second kappa shape index (κ2) is 16.5. The van der Waals surface area contributed by atoms with Gasteiger partial charge in [-0.05, 0) is 42.9 Å². The third kappa shape index (κ3) is 9.99. The van der Waals surface area contributed by atoms with Crippen LogP contribution in [0.3, 0.4) is 0 Å². The Kier molecular flexibility index (Phi) is 12.5. The minimum Gasteiger partial charge on any atom is -0.356 e. The number of carbonyl (C=O) groups is 7. The number of carbonyl (C=O) groups excluding carboxylic acids is 7. The smallest absolute Gasteiger partial charge is 0.262 e. The molecule has 48 heavy (non-hydrogen) atoms. The Morgan fingerprint density at radius 3 is 2.15 bits per heavy atom. The van der Waals surface area contributed by atoms with E-state index in [1.807, 2.05) is 20.8 Å². The fraction of sp³-hybridized carbons (Fsp3) is 0.583. The first-order valence-electron chi connectivity index (χ1n) is 17.0. The number of unbranched alkanes of at least 4 members (excludes halogenated alkanes) is 6. The fourth-order valence-corrected chi connectivity index (χ4v) is 6.07. The van der Waals surface area contributed by atoms with Crippen LogP contribution >= 0.6 is 0 Å². The van der Waals surface area contributed by atoms with Crippen molar-refractivity contribution in [3.63, 3.8) is 0 Å². The van der Waals surface area contributed by atoms with Gasteiger partial charge in [-0.1, -0.05) is 58.3 Å². The molecule has 3 aliphatic rings. The van der Waals surface area contributed by atoms with Crippen molar-refractivity contribution in [3.8, 4) is 11.8 Å². The molecule has 3 heterocycles. The summed E-state index contributed by atoms with van der Waals surface area (Å²) >= 11 is 0. The summed E-state index contributed by atoms with van der Waals surface area (Å²) < 4.78 is 0. The minimum atomic E-state index is -0.991. The van der Waals surface area contributed by atoms with E-state index in [1.165, 1.54) is 0 Å². The third-order valence-electron chi connectivity index (χ3n) is 8.70. The van der Waals surface area contributed by atoms with Crippen LogP contribution < -0.4 is 10.6 Å². The van der Waals surface area contributed by atoms with Gasteiger partial charge >= 0.3 is 0 Å². The molecule has 0 radical (unpaired) electrons. The number of imide groups is 2. The Morgan fingerprint density at radius 1 is 0.854 bits per heavy atom. The first-order valence-corrected chi connectivity index (χ1v) is 17.0. The molecule has 2 fully saturated rings. The molecule has 1 aromatic carbocycles. The van der Waals surface area contributed by atoms with Gasteiger partial charge < -0.3 is 15.1 Å². The molecular formula is C36H47N5O7. The number of hydrogen-bond acceptors (Lipinski definition) is 7. The van der Waals surface area contributed by atoms with Crippen LogP contribution in [0.25, 0.3) is 0 Å². The summed E-state index contributed by atoms with van der Waals surface area (Å²) in [6.45, 7) is 8.54. The zero-order valence-electron chi connectivity index (χ0n) is 28.3. The van der Waals surface area contributed by atoms with E-state index >= 15 is 0 Å². The van der Waals surface area contributed by atoms with Crippen molar-refractivity contribution in [3.05, 3.63) is 34.9 Å². The highest BCUT2D eigenvalue weighted by molar-refractivity contribution is 6.23. The largest absolute Gasteiger partial charge is 0.356 e. The third-order valence-corrected chi connectivity index (χ3v) is 8.70. The fourth-order valence-electron chi connectivity index (χ4n) is 6.07. The van der Waals surface area contributed by atoms with Crippen molar-refractivity contribution >= 4 is 41.4 Å². The molecule has 12 nitrogen and oxygen atoms in total. The van der Waals surface area contributed by atoms with Gasteiger partial charge in [0, 0.05) is 57.5 Å². The van der Waals surface area contributed by atoms with E-state index in [-0.39, 0.29) is 53.5 Å². The van der Waals surface area contributed by atoms with E-state index in [0.29, 0.717) is 51.1 Å². The molecule has 7 amide bonds. The summed E-state index contributed by atoms with van der Waals surface area (Å²) in [5.74, 6) is 3.70. The van der Waals surface area contributed by atoms with Gasteiger partial charge in [-0.15, -0.1) is 0 Å². The monoisotopic (exact) mass is 661 g/mol. The molecule has 2 N–H and O–H groups in total. The molecule has 0 aliphatic carbocycles. The summed E-state index contributed by atoms with van der Waals surface area (Å²) in [7, 11) is 0. The number of amides is 7. The van der Waals surface area contributed by atoms with E-state index in [0.717, 1.165) is 43.4 Å². The van der Waals surface area contributed by atoms with Gasteiger partial charge in [-0.25, -0.2) is 0 Å². The first kappa shape index (κ1) is 36.3. The number of benzene rings is 1. The predicted molar refractivity (Wildman–Crippen MR) is 177 cm³/mol. The van der Waals surface area contributed by atoms with Crippen LogP contribution in [0.1, 0.15) is 118 Å². The minimum absolute atomic E-state index is 0.0749. The van der Waals surface area contributed by atoms with Gasteiger partial charge in [0.25, 0.3) is 11.8 Å². The molecule has 0 spiro atoms. The Bertz CT molecular complexity index is 1490. The molecule has 3 aliphatic heterocycles. The lowest BCUT2D eigenvalue weighted by molar-refractivity contribution is -0.142. The van der Waals surface area contributed by atoms with Crippen LogP contribution in [-0.2, 0) is 24.0 Å². The van der Waals surface area contributed by atoms with Gasteiger partial charge in [0.2, 0.25) is 29.5 Å². The number of hydrogen-bond donors (Lipinski definition) is 2. The second-order valence-corrected chi connectivity index (χ2v) is 13.9. The Morgan fingerprint density at radius 2 is 1.48 bits per heavy atom. The molecule has 0 saturated carbocycles. The zero-order chi connectivity index (χ0) is 34.8. The molecule has 258 valence electrons. The van der Waals surface area contributed by atoms with Gasteiger partial charge in [-0.3, -0.25) is 43.8 Å². The maximum Gasteiger partial charge on any atom is 0.262 e. The highest BCUT2D eigenvalue weighted by Crippen LogP contribution is 2.28. The SMILES string of the molecule is CC(C)(C)CC(=O)N1CCN(C(=O)CC(=O)NCCCCCCCCC#Cc2ccc3c(c2)C(=O)N(C2CCC(=O)NC2=O)C3=O)CC1. The maximum absolute atomic E-state index is 13.0. The molecule has 12 heteroatoms. The normalized spacial score (nSPS) is 17.9. The summed E-state index contributed by atoms with van der Waals surface area (Å²) in [5.41, 5.74) is 1.00. The van der Waals surface area contributed by atoms with Crippen molar-refractivity contribution in [2.45, 2.75) is 97.4 Å². The van der Waals surface area contributed by atoms with E-state index in [9.17, 15) is 33.6 Å². The lowest BCUT2D eigenvalue weighted by Crippen LogP contribution is -2.54. The molecular weight excluding hydrogens is 614 g/mol. The highest BCUT2D eigenvalue weighted by atomic mass is 16.2. The molecule has 1 aromatic rings. The van der Waals surface area contributed by atoms with Crippen molar-refractivity contribution in [1.82, 2.24) is 25.3 Å². The summed E-state index contributed by atoms with van der Waals surface area (Å²) in [4.78, 5) is 91.1. The van der Waals surface area contributed by atoms with Crippen LogP contribution in [0.5, 0.6) is 0 Å². The number of nitrogens with one attached hydrogen (secondary N) is 2. The second-order valence-electron chi connectivity index (χ2n) is 13.9. The number of nitrogens with zero attached hydrogens (tertiary/aromatic N) is 3. The van der Waals surface area contributed by atoms with Crippen LogP contribution in [0.4, 0.5) is 0 Å². The van der Waals surface area contributed by atoms with Crippen LogP contribution in [-0.4, -0.2) is 94.8 Å². The van der Waals surface area contributed by atoms with Crippen molar-refractivity contribution in [2.24, 2.45) is 5.41 Å². The van der Waals surface area contributed by atoms with Gasteiger partial charge in [0.1, 0.15) is 12.5 Å². The average Bonchev–Trinajstić information content (AvgIpc) is 3.27.